The fraction of sp³-hybridized carbons (Fsp3) is 0.589. The number of hydrogen-bond donors (Lipinski definition) is 4. The highest BCUT2D eigenvalue weighted by Crippen LogP contribution is 2.43. The lowest BCUT2D eigenvalue weighted by atomic mass is 9.76. The molecule has 0 bridgehead atoms. The molecule has 126 heavy (non-hydrogen) atoms. The summed E-state index contributed by atoms with van der Waals surface area (Å²) >= 11 is 0. The third kappa shape index (κ3) is 19.7. The van der Waals surface area contributed by atoms with Crippen LogP contribution in [0.5, 0.6) is 0 Å². The normalized spacial score (nSPS) is 27.4. The number of benzene rings is 4. The van der Waals surface area contributed by atoms with E-state index in [1.807, 2.05) is 24.8 Å². The first-order chi connectivity index (χ1) is 61.7. The highest BCUT2D eigenvalue weighted by molar-refractivity contribution is 5.62. The van der Waals surface area contributed by atoms with Crippen molar-refractivity contribution in [1.29, 1.82) is 0 Å². The van der Waals surface area contributed by atoms with Crippen molar-refractivity contribution >= 4 is 22.7 Å². The van der Waals surface area contributed by atoms with E-state index in [4.69, 9.17) is 19.9 Å². The Hall–Kier alpha value is -7.76. The average molecular weight is 1700 g/mol. The first-order valence-electron chi connectivity index (χ1n) is 49.8. The fourth-order valence-electron chi connectivity index (χ4n) is 25.5. The summed E-state index contributed by atoms with van der Waals surface area (Å²) in [4.78, 5) is 47.8. The number of piperazine rings is 4. The molecular weight excluding hydrogens is 1550 g/mol. The van der Waals surface area contributed by atoms with Crippen LogP contribution in [-0.4, -0.2) is 249 Å². The molecule has 8 aromatic rings. The van der Waals surface area contributed by atoms with Crippen LogP contribution in [0.2, 0.25) is 0 Å². The van der Waals surface area contributed by atoms with Crippen molar-refractivity contribution < 1.29 is 0 Å². The maximum absolute atomic E-state index is 4.82. The van der Waals surface area contributed by atoms with Crippen molar-refractivity contribution in [1.82, 2.24) is 75.5 Å². The second kappa shape index (κ2) is 40.3. The Morgan fingerprint density at radius 1 is 0.349 bits per heavy atom. The average Bonchev–Trinajstić information content (AvgIpc) is 0.875. The molecule has 0 spiro atoms. The number of likely N-dealkylation sites (N-methyl/N-ethyl adjacent to an activating group) is 5. The van der Waals surface area contributed by atoms with E-state index in [-0.39, 0.29) is 0 Å². The molecule has 13 atom stereocenters. The molecule has 4 N–H and O–H groups in total. The molecule has 4 aromatic carbocycles. The predicted octanol–water partition coefficient (Wildman–Crippen LogP) is 14.4. The fourth-order valence-corrected chi connectivity index (χ4v) is 25.5. The van der Waals surface area contributed by atoms with Gasteiger partial charge in [0, 0.05) is 232 Å². The van der Waals surface area contributed by atoms with Crippen LogP contribution in [0.25, 0.3) is 0 Å². The van der Waals surface area contributed by atoms with Gasteiger partial charge in [-0.2, -0.15) is 0 Å². The Morgan fingerprint density at radius 3 is 1.10 bits per heavy atom. The van der Waals surface area contributed by atoms with E-state index in [9.17, 15) is 0 Å². The molecule has 4 aromatic heterocycles. The van der Waals surface area contributed by atoms with Gasteiger partial charge in [-0.1, -0.05) is 79.7 Å². The van der Waals surface area contributed by atoms with Gasteiger partial charge in [0.1, 0.15) is 0 Å². The van der Waals surface area contributed by atoms with E-state index >= 15 is 0 Å². The van der Waals surface area contributed by atoms with Crippen molar-refractivity contribution in [3.8, 4) is 0 Å². The molecule has 672 valence electrons. The first-order valence-corrected chi connectivity index (χ1v) is 49.8. The topological polar surface area (TPSA) is 135 Å². The summed E-state index contributed by atoms with van der Waals surface area (Å²) < 4.78 is 0. The molecule has 19 nitrogen and oxygen atoms in total. The zero-order valence-electron chi connectivity index (χ0n) is 77.8. The summed E-state index contributed by atoms with van der Waals surface area (Å²) in [6.45, 7) is 31.0. The maximum atomic E-state index is 4.82. The van der Waals surface area contributed by atoms with Crippen LogP contribution in [0.15, 0.2) is 146 Å². The smallest absolute Gasteiger partial charge is 0.0607 e. The predicted molar refractivity (Wildman–Crippen MR) is 517 cm³/mol. The van der Waals surface area contributed by atoms with Crippen LogP contribution in [0.3, 0.4) is 0 Å². The number of anilines is 4. The van der Waals surface area contributed by atoms with Gasteiger partial charge in [-0.15, -0.1) is 0 Å². The Bertz CT molecular complexity index is 4780. The summed E-state index contributed by atoms with van der Waals surface area (Å²) in [5.74, 6) is 1.28. The van der Waals surface area contributed by atoms with Crippen molar-refractivity contribution in [2.75, 3.05) is 166 Å². The van der Waals surface area contributed by atoms with Crippen molar-refractivity contribution in [2.45, 2.75) is 254 Å². The summed E-state index contributed by atoms with van der Waals surface area (Å²) in [6.07, 6.45) is 34.0. The lowest BCUT2D eigenvalue weighted by Gasteiger charge is -2.45. The third-order valence-electron chi connectivity index (χ3n) is 32.7. The monoisotopic (exact) mass is 1700 g/mol. The third-order valence-corrected chi connectivity index (χ3v) is 32.7. The van der Waals surface area contributed by atoms with Crippen molar-refractivity contribution in [3.63, 3.8) is 0 Å². The quantitative estimate of drug-likeness (QED) is 0.0730. The van der Waals surface area contributed by atoms with E-state index in [2.05, 4.69) is 253 Å². The van der Waals surface area contributed by atoms with Gasteiger partial charge in [-0.25, -0.2) is 0 Å². The zero-order chi connectivity index (χ0) is 85.7. The molecule has 6 saturated heterocycles. The first kappa shape index (κ1) is 87.6. The van der Waals surface area contributed by atoms with E-state index in [0.717, 1.165) is 116 Å². The lowest BCUT2D eigenvalue weighted by molar-refractivity contribution is 0.169. The molecule has 6 fully saturated rings. The van der Waals surface area contributed by atoms with Crippen LogP contribution in [0.4, 0.5) is 22.7 Å². The number of fused-ring (bicyclic) bond motifs is 10. The van der Waals surface area contributed by atoms with Crippen LogP contribution in [0.1, 0.15) is 218 Å². The molecule has 2 unspecified atom stereocenters. The van der Waals surface area contributed by atoms with Crippen LogP contribution >= 0.6 is 0 Å². The van der Waals surface area contributed by atoms with Crippen LogP contribution in [0, 0.1) is 5.92 Å². The Kier molecular flexibility index (Phi) is 28.0. The van der Waals surface area contributed by atoms with Gasteiger partial charge in [0.25, 0.3) is 0 Å². The second-order valence-corrected chi connectivity index (χ2v) is 40.8. The van der Waals surface area contributed by atoms with Crippen LogP contribution < -0.4 is 40.9 Å². The number of aryl methyl sites for hydroxylation is 4. The summed E-state index contributed by atoms with van der Waals surface area (Å²) in [6, 6.07) is 51.4. The molecule has 0 amide bonds. The van der Waals surface area contributed by atoms with Crippen molar-refractivity contribution in [3.05, 3.63) is 236 Å². The largest absolute Gasteiger partial charge is 0.369 e. The number of pyridine rings is 4. The second-order valence-electron chi connectivity index (χ2n) is 40.8. The molecule has 10 aliphatic heterocycles. The SMILES string of the molecule is CC(C[C@H]1Cc2c(cccc2N2CCN3CCC[C@H]3C2)CN1)C1CCCc2cccnc21.CN(C[C@H]1Cc2c(cccc2N2CCN3CCC[C@@H]3C2)CN1)[C@H]1CCCc2cccnc21.CN1CCN(c2cccc3c2C[C@H](CN(C)[C@H]2CCCc4cccnc42)NC3)CC1.C[C@@H]1CN(c2cccc3c2C[C@H](CN(C)[C@H]2CCCc4cccnc42)NC3)C[C@H](C)N1C. The van der Waals surface area contributed by atoms with Gasteiger partial charge in [-0.05, 0) is 318 Å². The zero-order valence-corrected chi connectivity index (χ0v) is 77.8. The molecule has 4 aliphatic carbocycles. The minimum Gasteiger partial charge on any atom is -0.369 e. The summed E-state index contributed by atoms with van der Waals surface area (Å²) in [5, 5.41) is 15.4. The summed E-state index contributed by atoms with van der Waals surface area (Å²) in [5.41, 5.74) is 29.4. The van der Waals surface area contributed by atoms with Crippen LogP contribution in [-0.2, 0) is 77.5 Å². The molecule has 0 radical (unpaired) electrons. The number of hydrogen-bond acceptors (Lipinski definition) is 19. The van der Waals surface area contributed by atoms with Gasteiger partial charge in [0.15, 0.2) is 0 Å². The minimum absolute atomic E-state index is 0.442. The van der Waals surface area contributed by atoms with Gasteiger partial charge in [0.2, 0.25) is 0 Å². The maximum Gasteiger partial charge on any atom is 0.0607 e. The number of rotatable bonds is 16. The highest BCUT2D eigenvalue weighted by Gasteiger charge is 2.40. The Morgan fingerprint density at radius 2 is 0.690 bits per heavy atom. The molecule has 14 aliphatic rings. The molecule has 19 heteroatoms. The lowest BCUT2D eigenvalue weighted by Crippen LogP contribution is -2.55. The number of aromatic nitrogens is 4. The number of nitrogens with zero attached hydrogens (tertiary/aromatic N) is 15. The van der Waals surface area contributed by atoms with Gasteiger partial charge >= 0.3 is 0 Å². The summed E-state index contributed by atoms with van der Waals surface area (Å²) in [7, 11) is 11.4. The minimum atomic E-state index is 0.442. The standard InChI is InChI=1S/C28H38N4.C27H37N5.C27H39N5.C25H35N5/c1-20(25-10-2-6-21-8-4-12-29-28(21)25)16-23-17-26-22(18-30-23)7-3-11-27(26)32-15-14-31-13-5-9-24(31)19-32;1-30(26-11-2-6-20-8-4-12-28-27(20)26)18-22-16-24-21(17-29-22)7-3-10-25(24)32-15-14-31-13-5-9-23(31)19-32;1-19-16-32(17-20(2)31(19)4)25-11-6-9-22-15-29-23(14-24(22)25)18-30(3)26-12-5-8-21-10-7-13-28-27(21)26;1-28-12-14-30(15-13-28)23-9-4-7-20-17-27-21(16-22(20)23)18-29(2)24-10-3-6-19-8-5-11-26-25(19)24/h3-4,7-8,11-12,20,23-25,30H,2,5-6,9-10,13-19H2,1H3;3-4,7-8,10,12,22-23,26,29H,2,5-6,9,11,13-19H2,1H3;6-7,9-11,13,19-20,23,26,29H,5,8,12,14-18H2,1-4H3;4-5,7-9,11,21,24,27H,3,6,10,12-18H2,1-2H3/t20?,23-,24-,25?;22-,23-,26+;19-,20+,23-,26+;21-,24+/m0111/s1. The molecule has 14 heterocycles. The molecular formula is C107H149N19. The number of nitrogens with one attached hydrogen (secondary N) is 4. The van der Waals surface area contributed by atoms with E-state index in [0.29, 0.717) is 66.2 Å². The van der Waals surface area contributed by atoms with Gasteiger partial charge in [0.05, 0.1) is 35.2 Å². The van der Waals surface area contributed by atoms with Gasteiger partial charge < -0.3 is 45.8 Å². The molecule has 22 rings (SSSR count). The highest BCUT2D eigenvalue weighted by atomic mass is 15.3. The van der Waals surface area contributed by atoms with E-state index in [1.165, 1.54) is 258 Å². The Balaban J connectivity index is 0.000000110. The van der Waals surface area contributed by atoms with Crippen molar-refractivity contribution in [2.24, 2.45) is 5.92 Å². The molecule has 0 saturated carbocycles. The Labute approximate surface area is 755 Å². The van der Waals surface area contributed by atoms with E-state index in [1.54, 1.807) is 22.3 Å². The van der Waals surface area contributed by atoms with Gasteiger partial charge in [-0.3, -0.25) is 49.3 Å². The van der Waals surface area contributed by atoms with E-state index < -0.39 is 0 Å².